The minimum atomic E-state index is 0.376. The molecular weight excluding hydrogens is 166 g/mol. The van der Waals surface area contributed by atoms with Gasteiger partial charge in [0, 0.05) is 12.6 Å². The molecule has 2 saturated heterocycles. The Bertz CT molecular complexity index is 124. The molecule has 0 aromatic heterocycles. The zero-order valence-corrected chi connectivity index (χ0v) is 8.13. The van der Waals surface area contributed by atoms with E-state index in [-0.39, 0.29) is 0 Å². The maximum Gasteiger partial charge on any atom is 0.0809 e. The van der Waals surface area contributed by atoms with Crippen molar-refractivity contribution in [3.8, 4) is 0 Å². The predicted octanol–water partition coefficient (Wildman–Crippen LogP) is 0.934. The van der Waals surface area contributed by atoms with Gasteiger partial charge in [-0.05, 0) is 32.2 Å². The Morgan fingerprint density at radius 2 is 2.23 bits per heavy atom. The number of hydrogen-bond donors (Lipinski definition) is 1. The minimum absolute atomic E-state index is 0.376. The molecule has 2 fully saturated rings. The van der Waals surface area contributed by atoms with Crippen LogP contribution in [0.3, 0.4) is 0 Å². The Balaban J connectivity index is 1.52. The molecule has 13 heavy (non-hydrogen) atoms. The number of nitrogens with one attached hydrogen (secondary N) is 1. The fourth-order valence-corrected chi connectivity index (χ4v) is 2.02. The summed E-state index contributed by atoms with van der Waals surface area (Å²) in [6.07, 6.45) is 5.33. The first-order chi connectivity index (χ1) is 6.45. The monoisotopic (exact) mass is 185 g/mol. The van der Waals surface area contributed by atoms with Gasteiger partial charge in [-0.25, -0.2) is 0 Å². The molecule has 0 amide bonds. The molecule has 3 nitrogen and oxygen atoms in total. The molecule has 2 rings (SSSR count). The van der Waals surface area contributed by atoms with Crippen LogP contribution in [0, 0.1) is 0 Å². The standard InChI is InChI=1S/C10H19NO2/c1-3-9(11-5-1)7-12-8-10-4-2-6-13-10/h9-11H,1-8H2/t9-,10?/m1/s1. The summed E-state index contributed by atoms with van der Waals surface area (Å²) in [5.41, 5.74) is 0. The molecule has 0 bridgehead atoms. The second kappa shape index (κ2) is 4.94. The average molecular weight is 185 g/mol. The second-order valence-electron chi connectivity index (χ2n) is 3.97. The van der Waals surface area contributed by atoms with Gasteiger partial charge < -0.3 is 14.8 Å². The van der Waals surface area contributed by atoms with Crippen LogP contribution in [-0.4, -0.2) is 38.5 Å². The first-order valence-corrected chi connectivity index (χ1v) is 5.38. The van der Waals surface area contributed by atoms with E-state index >= 15 is 0 Å². The van der Waals surface area contributed by atoms with E-state index in [1.165, 1.54) is 25.7 Å². The number of hydrogen-bond acceptors (Lipinski definition) is 3. The molecule has 0 aromatic rings. The highest BCUT2D eigenvalue weighted by molar-refractivity contribution is 4.73. The molecule has 2 atom stereocenters. The van der Waals surface area contributed by atoms with Crippen molar-refractivity contribution in [1.29, 1.82) is 0 Å². The summed E-state index contributed by atoms with van der Waals surface area (Å²) in [7, 11) is 0. The molecule has 3 heteroatoms. The predicted molar refractivity (Wildman–Crippen MR) is 50.8 cm³/mol. The molecule has 0 radical (unpaired) electrons. The van der Waals surface area contributed by atoms with Crippen LogP contribution in [0.2, 0.25) is 0 Å². The van der Waals surface area contributed by atoms with Crippen molar-refractivity contribution in [3.63, 3.8) is 0 Å². The van der Waals surface area contributed by atoms with Gasteiger partial charge in [0.05, 0.1) is 19.3 Å². The lowest BCUT2D eigenvalue weighted by Gasteiger charge is -2.13. The molecule has 0 spiro atoms. The Morgan fingerprint density at radius 3 is 2.92 bits per heavy atom. The van der Waals surface area contributed by atoms with Crippen molar-refractivity contribution >= 4 is 0 Å². The lowest BCUT2D eigenvalue weighted by Crippen LogP contribution is -2.28. The van der Waals surface area contributed by atoms with Gasteiger partial charge >= 0.3 is 0 Å². The van der Waals surface area contributed by atoms with E-state index < -0.39 is 0 Å². The summed E-state index contributed by atoms with van der Waals surface area (Å²) < 4.78 is 11.1. The maximum atomic E-state index is 5.61. The van der Waals surface area contributed by atoms with Gasteiger partial charge in [-0.2, -0.15) is 0 Å². The van der Waals surface area contributed by atoms with E-state index in [1.807, 2.05) is 0 Å². The van der Waals surface area contributed by atoms with Crippen molar-refractivity contribution in [2.45, 2.75) is 37.8 Å². The molecular formula is C10H19NO2. The third-order valence-electron chi connectivity index (χ3n) is 2.81. The first kappa shape index (κ1) is 9.44. The summed E-state index contributed by atoms with van der Waals surface area (Å²) in [5.74, 6) is 0. The lowest BCUT2D eigenvalue weighted by atomic mass is 10.2. The van der Waals surface area contributed by atoms with Crippen molar-refractivity contribution in [2.24, 2.45) is 0 Å². The van der Waals surface area contributed by atoms with E-state index in [0.29, 0.717) is 12.1 Å². The van der Waals surface area contributed by atoms with Gasteiger partial charge in [0.15, 0.2) is 0 Å². The topological polar surface area (TPSA) is 30.5 Å². The lowest BCUT2D eigenvalue weighted by molar-refractivity contribution is 0.0116. The van der Waals surface area contributed by atoms with Crippen LogP contribution < -0.4 is 5.32 Å². The fourth-order valence-electron chi connectivity index (χ4n) is 2.02. The summed E-state index contributed by atoms with van der Waals surface area (Å²) in [6.45, 7) is 3.74. The highest BCUT2D eigenvalue weighted by Crippen LogP contribution is 2.12. The summed E-state index contributed by atoms with van der Waals surface area (Å²) in [5, 5.41) is 3.42. The third kappa shape index (κ3) is 2.93. The van der Waals surface area contributed by atoms with Gasteiger partial charge in [0.2, 0.25) is 0 Å². The van der Waals surface area contributed by atoms with Crippen LogP contribution in [0.5, 0.6) is 0 Å². The molecule has 0 aromatic carbocycles. The zero-order valence-electron chi connectivity index (χ0n) is 8.13. The van der Waals surface area contributed by atoms with Crippen LogP contribution in [0.15, 0.2) is 0 Å². The molecule has 1 unspecified atom stereocenters. The smallest absolute Gasteiger partial charge is 0.0809 e. The van der Waals surface area contributed by atoms with Crippen molar-refractivity contribution in [3.05, 3.63) is 0 Å². The Kier molecular flexibility index (Phi) is 3.58. The van der Waals surface area contributed by atoms with E-state index in [9.17, 15) is 0 Å². The Labute approximate surface area is 79.8 Å². The SMILES string of the molecule is C1COC(COC[C@H]2CCCN2)C1. The van der Waals surface area contributed by atoms with Crippen LogP contribution in [0.1, 0.15) is 25.7 Å². The highest BCUT2D eigenvalue weighted by Gasteiger charge is 2.17. The number of ether oxygens (including phenoxy) is 2. The van der Waals surface area contributed by atoms with Gasteiger partial charge in [-0.15, -0.1) is 0 Å². The Morgan fingerprint density at radius 1 is 1.23 bits per heavy atom. The molecule has 1 N–H and O–H groups in total. The first-order valence-electron chi connectivity index (χ1n) is 5.38. The summed E-state index contributed by atoms with van der Waals surface area (Å²) in [4.78, 5) is 0. The normalized spacial score (nSPS) is 34.2. The van der Waals surface area contributed by atoms with E-state index in [2.05, 4.69) is 5.32 Å². The van der Waals surface area contributed by atoms with Crippen LogP contribution in [0.4, 0.5) is 0 Å². The largest absolute Gasteiger partial charge is 0.377 e. The molecule has 2 aliphatic heterocycles. The van der Waals surface area contributed by atoms with Gasteiger partial charge in [0.25, 0.3) is 0 Å². The molecule has 0 aliphatic carbocycles. The minimum Gasteiger partial charge on any atom is -0.377 e. The second-order valence-corrected chi connectivity index (χ2v) is 3.97. The summed E-state index contributed by atoms with van der Waals surface area (Å²) in [6, 6.07) is 0.599. The molecule has 76 valence electrons. The Hall–Kier alpha value is -0.120. The van der Waals surface area contributed by atoms with Gasteiger partial charge in [0.1, 0.15) is 0 Å². The quantitative estimate of drug-likeness (QED) is 0.707. The summed E-state index contributed by atoms with van der Waals surface area (Å²) >= 11 is 0. The zero-order chi connectivity index (χ0) is 8.93. The molecule has 2 heterocycles. The average Bonchev–Trinajstić information content (AvgIpc) is 2.75. The molecule has 2 aliphatic rings. The van der Waals surface area contributed by atoms with Crippen molar-refractivity contribution < 1.29 is 9.47 Å². The van der Waals surface area contributed by atoms with Crippen LogP contribution in [0.25, 0.3) is 0 Å². The van der Waals surface area contributed by atoms with E-state index in [0.717, 1.165) is 26.4 Å². The van der Waals surface area contributed by atoms with E-state index in [1.54, 1.807) is 0 Å². The molecule has 0 saturated carbocycles. The van der Waals surface area contributed by atoms with Crippen molar-refractivity contribution in [1.82, 2.24) is 5.32 Å². The maximum absolute atomic E-state index is 5.61. The highest BCUT2D eigenvalue weighted by atomic mass is 16.5. The fraction of sp³-hybridized carbons (Fsp3) is 1.00. The number of rotatable bonds is 4. The van der Waals surface area contributed by atoms with Crippen LogP contribution in [-0.2, 0) is 9.47 Å². The van der Waals surface area contributed by atoms with E-state index in [4.69, 9.17) is 9.47 Å². The van der Waals surface area contributed by atoms with Crippen LogP contribution >= 0.6 is 0 Å². The van der Waals surface area contributed by atoms with Gasteiger partial charge in [-0.3, -0.25) is 0 Å². The van der Waals surface area contributed by atoms with Crippen molar-refractivity contribution in [2.75, 3.05) is 26.4 Å². The third-order valence-corrected chi connectivity index (χ3v) is 2.81. The van der Waals surface area contributed by atoms with Gasteiger partial charge in [-0.1, -0.05) is 0 Å².